The van der Waals surface area contributed by atoms with E-state index in [4.69, 9.17) is 5.11 Å². The van der Waals surface area contributed by atoms with Crippen molar-refractivity contribution in [3.63, 3.8) is 0 Å². The van der Waals surface area contributed by atoms with Gasteiger partial charge < -0.3 is 15.0 Å². The Hall–Kier alpha value is -2.56. The first kappa shape index (κ1) is 12.9. The number of nitrogens with zero attached hydrogens (tertiary/aromatic N) is 1. The molecule has 1 aromatic heterocycles. The van der Waals surface area contributed by atoms with Gasteiger partial charge in [0.25, 0.3) is 5.91 Å². The van der Waals surface area contributed by atoms with Gasteiger partial charge in [0.05, 0.1) is 5.56 Å². The molecule has 0 aliphatic heterocycles. The van der Waals surface area contributed by atoms with Gasteiger partial charge in [-0.25, -0.2) is 4.79 Å². The number of anilines is 1. The standard InChI is InChI=1S/C14H14N2O3/c1-9-6-7-12(16(9)2)13(17)15-11-5-3-4-10(8-11)14(18)19/h3-8H,1-2H3,(H,15,17)(H,18,19). The van der Waals surface area contributed by atoms with Crippen LogP contribution in [0.25, 0.3) is 0 Å². The van der Waals surface area contributed by atoms with E-state index >= 15 is 0 Å². The Bertz CT molecular complexity index is 644. The van der Waals surface area contributed by atoms with Gasteiger partial charge in [-0.3, -0.25) is 4.79 Å². The van der Waals surface area contributed by atoms with Crippen LogP contribution in [0.2, 0.25) is 0 Å². The van der Waals surface area contributed by atoms with Crippen LogP contribution in [0.5, 0.6) is 0 Å². The molecule has 0 saturated heterocycles. The number of carboxylic acid groups (broad SMARTS) is 1. The minimum Gasteiger partial charge on any atom is -0.478 e. The van der Waals surface area contributed by atoms with E-state index in [0.29, 0.717) is 11.4 Å². The Morgan fingerprint density at radius 1 is 1.21 bits per heavy atom. The summed E-state index contributed by atoms with van der Waals surface area (Å²) >= 11 is 0. The maximum Gasteiger partial charge on any atom is 0.335 e. The van der Waals surface area contributed by atoms with E-state index in [1.807, 2.05) is 13.0 Å². The summed E-state index contributed by atoms with van der Waals surface area (Å²) in [4.78, 5) is 22.9. The summed E-state index contributed by atoms with van der Waals surface area (Å²) in [6, 6.07) is 9.73. The van der Waals surface area contributed by atoms with E-state index in [1.54, 1.807) is 29.8 Å². The van der Waals surface area contributed by atoms with Crippen LogP contribution in [0, 0.1) is 6.92 Å². The molecule has 0 saturated carbocycles. The summed E-state index contributed by atoms with van der Waals surface area (Å²) in [5, 5.41) is 11.6. The van der Waals surface area contributed by atoms with Crippen molar-refractivity contribution in [2.45, 2.75) is 6.92 Å². The second-order valence-corrected chi connectivity index (χ2v) is 4.26. The molecule has 0 fully saturated rings. The Kier molecular flexibility index (Phi) is 3.37. The fraction of sp³-hybridized carbons (Fsp3) is 0.143. The molecule has 1 heterocycles. The van der Waals surface area contributed by atoms with Gasteiger partial charge in [0.2, 0.25) is 0 Å². The SMILES string of the molecule is Cc1ccc(C(=O)Nc2cccc(C(=O)O)c2)n1C. The average Bonchev–Trinajstić information content (AvgIpc) is 2.70. The summed E-state index contributed by atoms with van der Waals surface area (Å²) < 4.78 is 1.77. The van der Waals surface area contributed by atoms with E-state index in [1.165, 1.54) is 12.1 Å². The molecule has 19 heavy (non-hydrogen) atoms. The Morgan fingerprint density at radius 2 is 1.95 bits per heavy atom. The van der Waals surface area contributed by atoms with E-state index in [9.17, 15) is 9.59 Å². The summed E-state index contributed by atoms with van der Waals surface area (Å²) in [5.74, 6) is -1.29. The van der Waals surface area contributed by atoms with Crippen LogP contribution in [0.1, 0.15) is 26.5 Å². The van der Waals surface area contributed by atoms with Gasteiger partial charge in [-0.15, -0.1) is 0 Å². The monoisotopic (exact) mass is 258 g/mol. The number of hydrogen-bond donors (Lipinski definition) is 2. The normalized spacial score (nSPS) is 10.2. The molecule has 2 N–H and O–H groups in total. The lowest BCUT2D eigenvalue weighted by atomic mass is 10.2. The summed E-state index contributed by atoms with van der Waals surface area (Å²) in [7, 11) is 1.80. The number of aromatic nitrogens is 1. The molecule has 5 heteroatoms. The summed E-state index contributed by atoms with van der Waals surface area (Å²) in [6.45, 7) is 1.90. The van der Waals surface area contributed by atoms with Gasteiger partial charge in [0.15, 0.2) is 0 Å². The van der Waals surface area contributed by atoms with Crippen LogP contribution in [-0.4, -0.2) is 21.6 Å². The largest absolute Gasteiger partial charge is 0.478 e. The number of amides is 1. The molecule has 98 valence electrons. The number of aryl methyl sites for hydroxylation is 1. The lowest BCUT2D eigenvalue weighted by Crippen LogP contribution is -2.16. The third kappa shape index (κ3) is 2.65. The Morgan fingerprint density at radius 3 is 2.53 bits per heavy atom. The number of rotatable bonds is 3. The number of carbonyl (C=O) groups is 2. The highest BCUT2D eigenvalue weighted by molar-refractivity contribution is 6.03. The fourth-order valence-corrected chi connectivity index (χ4v) is 1.77. The van der Waals surface area contributed by atoms with Gasteiger partial charge in [0, 0.05) is 18.4 Å². The molecule has 0 spiro atoms. The van der Waals surface area contributed by atoms with Crippen molar-refractivity contribution in [1.29, 1.82) is 0 Å². The number of hydrogen-bond acceptors (Lipinski definition) is 2. The minimum atomic E-state index is -1.02. The van der Waals surface area contributed by atoms with Crippen molar-refractivity contribution in [3.8, 4) is 0 Å². The lowest BCUT2D eigenvalue weighted by Gasteiger charge is -2.07. The minimum absolute atomic E-state index is 0.140. The summed E-state index contributed by atoms with van der Waals surface area (Å²) in [6.07, 6.45) is 0. The molecule has 2 rings (SSSR count). The topological polar surface area (TPSA) is 71.3 Å². The first-order valence-corrected chi connectivity index (χ1v) is 5.76. The van der Waals surface area contributed by atoms with Gasteiger partial charge >= 0.3 is 5.97 Å². The van der Waals surface area contributed by atoms with Crippen molar-refractivity contribution >= 4 is 17.6 Å². The van der Waals surface area contributed by atoms with Crippen LogP contribution in [0.4, 0.5) is 5.69 Å². The Labute approximate surface area is 110 Å². The molecular formula is C14H14N2O3. The van der Waals surface area contributed by atoms with Crippen molar-refractivity contribution < 1.29 is 14.7 Å². The predicted molar refractivity (Wildman–Crippen MR) is 71.5 cm³/mol. The zero-order valence-corrected chi connectivity index (χ0v) is 10.7. The molecule has 1 aromatic carbocycles. The maximum atomic E-state index is 12.1. The number of nitrogens with one attached hydrogen (secondary N) is 1. The van der Waals surface area contributed by atoms with Crippen LogP contribution in [0.3, 0.4) is 0 Å². The molecule has 0 bridgehead atoms. The smallest absolute Gasteiger partial charge is 0.335 e. The molecule has 0 unspecified atom stereocenters. The first-order valence-electron chi connectivity index (χ1n) is 5.76. The Balaban J connectivity index is 2.22. The zero-order valence-electron chi connectivity index (χ0n) is 10.7. The highest BCUT2D eigenvalue weighted by Crippen LogP contribution is 2.13. The van der Waals surface area contributed by atoms with Crippen LogP contribution in [-0.2, 0) is 7.05 Å². The van der Waals surface area contributed by atoms with E-state index in [2.05, 4.69) is 5.32 Å². The van der Waals surface area contributed by atoms with Crippen molar-refractivity contribution in [1.82, 2.24) is 4.57 Å². The van der Waals surface area contributed by atoms with E-state index in [0.717, 1.165) is 5.69 Å². The maximum absolute atomic E-state index is 12.1. The van der Waals surface area contributed by atoms with Crippen LogP contribution < -0.4 is 5.32 Å². The van der Waals surface area contributed by atoms with Gasteiger partial charge in [-0.2, -0.15) is 0 Å². The highest BCUT2D eigenvalue weighted by Gasteiger charge is 2.12. The van der Waals surface area contributed by atoms with Gasteiger partial charge in [-0.1, -0.05) is 6.07 Å². The number of carbonyl (C=O) groups excluding carboxylic acids is 1. The van der Waals surface area contributed by atoms with Crippen LogP contribution in [0.15, 0.2) is 36.4 Å². The highest BCUT2D eigenvalue weighted by atomic mass is 16.4. The molecule has 2 aromatic rings. The first-order chi connectivity index (χ1) is 8.99. The molecule has 0 radical (unpaired) electrons. The molecule has 0 atom stereocenters. The fourth-order valence-electron chi connectivity index (χ4n) is 1.77. The van der Waals surface area contributed by atoms with Crippen molar-refractivity contribution in [2.24, 2.45) is 7.05 Å². The van der Waals surface area contributed by atoms with E-state index in [-0.39, 0.29) is 11.5 Å². The van der Waals surface area contributed by atoms with E-state index < -0.39 is 5.97 Å². The number of benzene rings is 1. The third-order valence-electron chi connectivity index (χ3n) is 2.97. The second-order valence-electron chi connectivity index (χ2n) is 4.26. The van der Waals surface area contributed by atoms with Crippen molar-refractivity contribution in [3.05, 3.63) is 53.3 Å². The zero-order chi connectivity index (χ0) is 14.0. The number of carboxylic acids is 1. The molecule has 0 aliphatic carbocycles. The molecule has 0 aliphatic rings. The van der Waals surface area contributed by atoms with Gasteiger partial charge in [-0.05, 0) is 37.3 Å². The quantitative estimate of drug-likeness (QED) is 0.887. The third-order valence-corrected chi connectivity index (χ3v) is 2.97. The van der Waals surface area contributed by atoms with Crippen molar-refractivity contribution in [2.75, 3.05) is 5.32 Å². The lowest BCUT2D eigenvalue weighted by molar-refractivity contribution is 0.0696. The molecule has 1 amide bonds. The number of aromatic carboxylic acids is 1. The van der Waals surface area contributed by atoms with Gasteiger partial charge in [0.1, 0.15) is 5.69 Å². The second kappa shape index (κ2) is 4.97. The average molecular weight is 258 g/mol. The van der Waals surface area contributed by atoms with Crippen LogP contribution >= 0.6 is 0 Å². The summed E-state index contributed by atoms with van der Waals surface area (Å²) in [5.41, 5.74) is 2.10. The predicted octanol–water partition coefficient (Wildman–Crippen LogP) is 2.28. The molecule has 5 nitrogen and oxygen atoms in total. The molecular weight excluding hydrogens is 244 g/mol.